The molecule has 0 aliphatic heterocycles. The number of carboxylic acid groups (broad SMARTS) is 1. The molecule has 0 saturated heterocycles. The van der Waals surface area contributed by atoms with Crippen molar-refractivity contribution in [2.45, 2.75) is 25.3 Å². The minimum absolute atomic E-state index is 0.00645. The maximum Gasteiger partial charge on any atom is 0.315 e. The maximum atomic E-state index is 11.7. The molecule has 0 radical (unpaired) electrons. The van der Waals surface area contributed by atoms with Crippen LogP contribution in [-0.4, -0.2) is 23.7 Å². The van der Waals surface area contributed by atoms with Gasteiger partial charge in [-0.2, -0.15) is 0 Å². The number of rotatable bonds is 8. The summed E-state index contributed by atoms with van der Waals surface area (Å²) in [5.41, 5.74) is 0.896. The lowest BCUT2D eigenvalue weighted by Crippen LogP contribution is -2.38. The third-order valence-electron chi connectivity index (χ3n) is 2.79. The molecule has 2 amide bonds. The van der Waals surface area contributed by atoms with E-state index in [1.165, 1.54) is 0 Å². The van der Waals surface area contributed by atoms with E-state index in [9.17, 15) is 9.59 Å². The number of nitrogens with one attached hydrogen (secondary N) is 2. The van der Waals surface area contributed by atoms with Gasteiger partial charge in [-0.3, -0.25) is 4.79 Å². The quantitative estimate of drug-likeness (QED) is 0.504. The Morgan fingerprint density at radius 3 is 2.60 bits per heavy atom. The highest BCUT2D eigenvalue weighted by molar-refractivity contribution is 5.74. The van der Waals surface area contributed by atoms with Crippen molar-refractivity contribution in [1.82, 2.24) is 10.6 Å². The highest BCUT2D eigenvalue weighted by Gasteiger charge is 2.15. The van der Waals surface area contributed by atoms with Crippen LogP contribution in [0.2, 0.25) is 0 Å². The van der Waals surface area contributed by atoms with Gasteiger partial charge in [0, 0.05) is 13.0 Å². The number of carbonyl (C=O) groups excluding carboxylic acids is 1. The number of hydrogen-bond acceptors (Lipinski definition) is 2. The second kappa shape index (κ2) is 8.74. The van der Waals surface area contributed by atoms with E-state index in [4.69, 9.17) is 5.11 Å². The van der Waals surface area contributed by atoms with Crippen LogP contribution in [0, 0.1) is 0 Å². The van der Waals surface area contributed by atoms with E-state index in [2.05, 4.69) is 17.2 Å². The van der Waals surface area contributed by atoms with Gasteiger partial charge in [0.1, 0.15) is 0 Å². The lowest BCUT2D eigenvalue weighted by molar-refractivity contribution is -0.137. The van der Waals surface area contributed by atoms with Crippen molar-refractivity contribution in [2.75, 3.05) is 6.54 Å². The first kappa shape index (κ1) is 15.8. The normalized spacial score (nSPS) is 11.4. The molecule has 0 spiro atoms. The molecule has 1 aromatic rings. The summed E-state index contributed by atoms with van der Waals surface area (Å²) in [6, 6.07) is 8.73. The van der Waals surface area contributed by atoms with E-state index >= 15 is 0 Å². The van der Waals surface area contributed by atoms with Crippen molar-refractivity contribution in [3.05, 3.63) is 48.6 Å². The number of urea groups is 1. The third kappa shape index (κ3) is 6.04. The van der Waals surface area contributed by atoms with Gasteiger partial charge in [-0.25, -0.2) is 4.79 Å². The third-order valence-corrected chi connectivity index (χ3v) is 2.79. The standard InChI is InChI=1S/C15H20N2O3/c1-2-3-11-16-15(20)17-13(9-10-14(18)19)12-7-5-4-6-8-12/h2,4-8,13H,1,3,9-11H2,(H,18,19)(H2,16,17,20). The number of benzene rings is 1. The lowest BCUT2D eigenvalue weighted by atomic mass is 10.0. The average molecular weight is 276 g/mol. The van der Waals surface area contributed by atoms with E-state index < -0.39 is 5.97 Å². The molecule has 5 nitrogen and oxygen atoms in total. The van der Waals surface area contributed by atoms with E-state index in [-0.39, 0.29) is 18.5 Å². The summed E-state index contributed by atoms with van der Waals surface area (Å²) >= 11 is 0. The van der Waals surface area contributed by atoms with Gasteiger partial charge in [-0.05, 0) is 18.4 Å². The fraction of sp³-hybridized carbons (Fsp3) is 0.333. The second-order valence-corrected chi connectivity index (χ2v) is 4.37. The van der Waals surface area contributed by atoms with Crippen LogP contribution in [0.3, 0.4) is 0 Å². The number of carboxylic acids is 1. The molecule has 108 valence electrons. The highest BCUT2D eigenvalue weighted by atomic mass is 16.4. The van der Waals surface area contributed by atoms with Crippen molar-refractivity contribution in [1.29, 1.82) is 0 Å². The predicted molar refractivity (Wildman–Crippen MR) is 77.4 cm³/mol. The number of hydrogen-bond donors (Lipinski definition) is 3. The molecular formula is C15H20N2O3. The minimum atomic E-state index is -0.875. The summed E-state index contributed by atoms with van der Waals surface area (Å²) in [6.07, 6.45) is 2.78. The predicted octanol–water partition coefficient (Wildman–Crippen LogP) is 2.47. The molecule has 0 fully saturated rings. The highest BCUT2D eigenvalue weighted by Crippen LogP contribution is 2.18. The molecule has 0 saturated carbocycles. The Morgan fingerprint density at radius 2 is 2.00 bits per heavy atom. The Morgan fingerprint density at radius 1 is 1.30 bits per heavy atom. The largest absolute Gasteiger partial charge is 0.481 e. The van der Waals surface area contributed by atoms with Crippen LogP contribution in [0.15, 0.2) is 43.0 Å². The van der Waals surface area contributed by atoms with Crippen molar-refractivity contribution in [3.63, 3.8) is 0 Å². The fourth-order valence-electron chi connectivity index (χ4n) is 1.77. The van der Waals surface area contributed by atoms with E-state index in [0.29, 0.717) is 19.4 Å². The first-order valence-electron chi connectivity index (χ1n) is 6.55. The molecule has 0 aliphatic rings. The molecule has 0 aromatic heterocycles. The molecule has 0 heterocycles. The van der Waals surface area contributed by atoms with Gasteiger partial charge >= 0.3 is 12.0 Å². The molecule has 1 atom stereocenters. The summed E-state index contributed by atoms with van der Waals surface area (Å²) < 4.78 is 0. The van der Waals surface area contributed by atoms with E-state index in [1.807, 2.05) is 30.3 Å². The first-order valence-corrected chi connectivity index (χ1v) is 6.55. The Bertz CT molecular complexity index is 446. The Balaban J connectivity index is 2.60. The topological polar surface area (TPSA) is 78.4 Å². The fourth-order valence-corrected chi connectivity index (χ4v) is 1.77. The van der Waals surface area contributed by atoms with Crippen molar-refractivity contribution < 1.29 is 14.7 Å². The summed E-state index contributed by atoms with van der Waals surface area (Å²) in [5, 5.41) is 14.3. The summed E-state index contributed by atoms with van der Waals surface area (Å²) in [7, 11) is 0. The average Bonchev–Trinajstić information content (AvgIpc) is 2.44. The summed E-state index contributed by atoms with van der Waals surface area (Å²) in [4.78, 5) is 22.4. The van der Waals surface area contributed by atoms with Crippen LogP contribution in [0.25, 0.3) is 0 Å². The van der Waals surface area contributed by atoms with Crippen LogP contribution in [0.1, 0.15) is 30.9 Å². The van der Waals surface area contributed by atoms with Crippen LogP contribution in [0.4, 0.5) is 4.79 Å². The molecule has 0 bridgehead atoms. The van der Waals surface area contributed by atoms with Gasteiger partial charge in [-0.15, -0.1) is 6.58 Å². The van der Waals surface area contributed by atoms with Crippen molar-refractivity contribution in [2.24, 2.45) is 0 Å². The van der Waals surface area contributed by atoms with Crippen LogP contribution in [-0.2, 0) is 4.79 Å². The Kier molecular flexibility index (Phi) is 6.89. The molecule has 20 heavy (non-hydrogen) atoms. The number of carbonyl (C=O) groups is 2. The Hall–Kier alpha value is -2.30. The number of amides is 2. The second-order valence-electron chi connectivity index (χ2n) is 4.37. The van der Waals surface area contributed by atoms with Crippen LogP contribution in [0.5, 0.6) is 0 Å². The molecule has 1 unspecified atom stereocenters. The molecular weight excluding hydrogens is 256 g/mol. The van der Waals surface area contributed by atoms with Gasteiger partial charge in [-0.1, -0.05) is 36.4 Å². The van der Waals surface area contributed by atoms with Gasteiger partial charge < -0.3 is 15.7 Å². The molecule has 1 rings (SSSR count). The first-order chi connectivity index (χ1) is 9.63. The molecule has 1 aromatic carbocycles. The van der Waals surface area contributed by atoms with E-state index in [1.54, 1.807) is 6.08 Å². The zero-order chi connectivity index (χ0) is 14.8. The van der Waals surface area contributed by atoms with Crippen molar-refractivity contribution in [3.8, 4) is 0 Å². The molecule has 3 N–H and O–H groups in total. The summed E-state index contributed by atoms with van der Waals surface area (Å²) in [6.45, 7) is 4.09. The lowest BCUT2D eigenvalue weighted by Gasteiger charge is -2.18. The smallest absolute Gasteiger partial charge is 0.315 e. The Labute approximate surface area is 118 Å². The van der Waals surface area contributed by atoms with Gasteiger partial charge in [0.25, 0.3) is 0 Å². The van der Waals surface area contributed by atoms with Crippen LogP contribution < -0.4 is 10.6 Å². The zero-order valence-corrected chi connectivity index (χ0v) is 11.3. The monoisotopic (exact) mass is 276 g/mol. The summed E-state index contributed by atoms with van der Waals surface area (Å²) in [5.74, 6) is -0.875. The SMILES string of the molecule is C=CCCNC(=O)NC(CCC(=O)O)c1ccccc1. The number of aliphatic carboxylic acids is 1. The molecule has 0 aliphatic carbocycles. The van der Waals surface area contributed by atoms with E-state index in [0.717, 1.165) is 5.56 Å². The van der Waals surface area contributed by atoms with Gasteiger partial charge in [0.15, 0.2) is 0 Å². The minimum Gasteiger partial charge on any atom is -0.481 e. The van der Waals surface area contributed by atoms with Crippen molar-refractivity contribution >= 4 is 12.0 Å². The zero-order valence-electron chi connectivity index (χ0n) is 11.3. The van der Waals surface area contributed by atoms with Gasteiger partial charge in [0.2, 0.25) is 0 Å². The van der Waals surface area contributed by atoms with Gasteiger partial charge in [0.05, 0.1) is 6.04 Å². The maximum absolute atomic E-state index is 11.7. The molecule has 5 heteroatoms. The van der Waals surface area contributed by atoms with Crippen LogP contribution >= 0.6 is 0 Å².